The van der Waals surface area contributed by atoms with Crippen LogP contribution in [0.2, 0.25) is 0 Å². The van der Waals surface area contributed by atoms with Gasteiger partial charge in [0.1, 0.15) is 0 Å². The lowest BCUT2D eigenvalue weighted by atomic mass is 9.89. The molecule has 1 saturated carbocycles. The number of nitrogens with one attached hydrogen (secondary N) is 1. The van der Waals surface area contributed by atoms with E-state index in [-0.39, 0.29) is 0 Å². The first kappa shape index (κ1) is 12.4. The highest BCUT2D eigenvalue weighted by Gasteiger charge is 2.27. The molecule has 94 valence electrons. The summed E-state index contributed by atoms with van der Waals surface area (Å²) in [6.07, 6.45) is 5.33. The number of benzene rings is 1. The molecule has 1 aromatic carbocycles. The fourth-order valence-electron chi connectivity index (χ4n) is 2.88. The molecule has 2 rings (SSSR count). The van der Waals surface area contributed by atoms with Gasteiger partial charge in [0.05, 0.1) is 0 Å². The summed E-state index contributed by atoms with van der Waals surface area (Å²) < 4.78 is 0. The van der Waals surface area contributed by atoms with E-state index in [0.717, 1.165) is 0 Å². The predicted molar refractivity (Wildman–Crippen MR) is 74.7 cm³/mol. The number of likely N-dealkylation sites (N-methyl/N-ethyl adjacent to an activating group) is 2. The van der Waals surface area contributed by atoms with Gasteiger partial charge in [0.15, 0.2) is 0 Å². The number of hydrogen-bond donors (Lipinski definition) is 1. The van der Waals surface area contributed by atoms with Gasteiger partial charge >= 0.3 is 0 Å². The molecular formula is C15H24N2. The van der Waals surface area contributed by atoms with Crippen LogP contribution >= 0.6 is 0 Å². The van der Waals surface area contributed by atoms with Gasteiger partial charge in [-0.1, -0.05) is 30.5 Å². The van der Waals surface area contributed by atoms with Crippen molar-refractivity contribution in [3.05, 3.63) is 29.8 Å². The Balaban J connectivity index is 2.12. The Bertz CT molecular complexity index is 344. The molecule has 17 heavy (non-hydrogen) atoms. The molecule has 0 heterocycles. The van der Waals surface area contributed by atoms with Gasteiger partial charge < -0.3 is 10.2 Å². The normalized spacial score (nSPS) is 24.6. The van der Waals surface area contributed by atoms with Crippen LogP contribution in [0.5, 0.6) is 0 Å². The highest BCUT2D eigenvalue weighted by Crippen LogP contribution is 2.26. The summed E-state index contributed by atoms with van der Waals surface area (Å²) in [5.41, 5.74) is 2.67. The van der Waals surface area contributed by atoms with Gasteiger partial charge in [-0.15, -0.1) is 0 Å². The lowest BCUT2D eigenvalue weighted by Crippen LogP contribution is -2.49. The molecule has 1 aliphatic carbocycles. The van der Waals surface area contributed by atoms with E-state index in [4.69, 9.17) is 0 Å². The van der Waals surface area contributed by atoms with E-state index in [2.05, 4.69) is 55.5 Å². The number of aryl methyl sites for hydroxylation is 1. The van der Waals surface area contributed by atoms with Crippen LogP contribution in [0.3, 0.4) is 0 Å². The zero-order valence-corrected chi connectivity index (χ0v) is 11.2. The first-order valence-corrected chi connectivity index (χ1v) is 6.69. The Kier molecular flexibility index (Phi) is 4.06. The lowest BCUT2D eigenvalue weighted by molar-refractivity contribution is 0.335. The molecular weight excluding hydrogens is 208 g/mol. The van der Waals surface area contributed by atoms with Crippen LogP contribution in [0.25, 0.3) is 0 Å². The monoisotopic (exact) mass is 232 g/mol. The highest BCUT2D eigenvalue weighted by molar-refractivity contribution is 5.48. The van der Waals surface area contributed by atoms with Crippen molar-refractivity contribution in [1.29, 1.82) is 0 Å². The van der Waals surface area contributed by atoms with Gasteiger partial charge in [-0.3, -0.25) is 0 Å². The van der Waals surface area contributed by atoms with Crippen LogP contribution < -0.4 is 10.2 Å². The van der Waals surface area contributed by atoms with Gasteiger partial charge in [-0.05, 0) is 38.9 Å². The van der Waals surface area contributed by atoms with Crippen molar-refractivity contribution in [3.63, 3.8) is 0 Å². The molecule has 2 unspecified atom stereocenters. The topological polar surface area (TPSA) is 15.3 Å². The minimum absolute atomic E-state index is 0.634. The fourth-order valence-corrected chi connectivity index (χ4v) is 2.88. The quantitative estimate of drug-likeness (QED) is 0.862. The number of rotatable bonds is 3. The largest absolute Gasteiger partial charge is 0.370 e. The van der Waals surface area contributed by atoms with Crippen LogP contribution in [0, 0.1) is 6.92 Å². The van der Waals surface area contributed by atoms with E-state index in [9.17, 15) is 0 Å². The third-order valence-electron chi connectivity index (χ3n) is 4.04. The van der Waals surface area contributed by atoms with Gasteiger partial charge in [-0.2, -0.15) is 0 Å². The van der Waals surface area contributed by atoms with Crippen LogP contribution in [-0.2, 0) is 0 Å². The maximum Gasteiger partial charge on any atom is 0.0439 e. The summed E-state index contributed by atoms with van der Waals surface area (Å²) in [6, 6.07) is 10.1. The van der Waals surface area contributed by atoms with Crippen molar-refractivity contribution in [3.8, 4) is 0 Å². The molecule has 0 amide bonds. The molecule has 0 spiro atoms. The lowest BCUT2D eigenvalue weighted by Gasteiger charge is -2.39. The Morgan fingerprint density at radius 3 is 2.41 bits per heavy atom. The van der Waals surface area contributed by atoms with Gasteiger partial charge in [-0.25, -0.2) is 0 Å². The average molecular weight is 232 g/mol. The molecule has 2 heteroatoms. The van der Waals surface area contributed by atoms with Gasteiger partial charge in [0.2, 0.25) is 0 Å². The minimum Gasteiger partial charge on any atom is -0.370 e. The van der Waals surface area contributed by atoms with Crippen LogP contribution in [0.1, 0.15) is 31.2 Å². The number of nitrogens with zero attached hydrogens (tertiary/aromatic N) is 1. The van der Waals surface area contributed by atoms with E-state index < -0.39 is 0 Å². The number of hydrogen-bond acceptors (Lipinski definition) is 2. The van der Waals surface area contributed by atoms with Gasteiger partial charge in [0.25, 0.3) is 0 Å². The van der Waals surface area contributed by atoms with Crippen molar-refractivity contribution in [2.45, 2.75) is 44.7 Å². The molecule has 1 N–H and O–H groups in total. The molecule has 0 saturated heterocycles. The molecule has 0 bridgehead atoms. The first-order chi connectivity index (χ1) is 8.22. The summed E-state index contributed by atoms with van der Waals surface area (Å²) in [6.45, 7) is 2.14. The summed E-state index contributed by atoms with van der Waals surface area (Å²) >= 11 is 0. The second kappa shape index (κ2) is 5.54. The molecule has 1 fully saturated rings. The maximum absolute atomic E-state index is 3.47. The third kappa shape index (κ3) is 2.81. The molecule has 1 aromatic rings. The Hall–Kier alpha value is -1.02. The second-order valence-electron chi connectivity index (χ2n) is 5.19. The summed E-state index contributed by atoms with van der Waals surface area (Å²) in [4.78, 5) is 2.44. The van der Waals surface area contributed by atoms with Crippen LogP contribution in [0.4, 0.5) is 5.69 Å². The zero-order chi connectivity index (χ0) is 12.3. The number of anilines is 1. The van der Waals surface area contributed by atoms with Crippen molar-refractivity contribution in [1.82, 2.24) is 5.32 Å². The van der Waals surface area contributed by atoms with Crippen LogP contribution in [-0.4, -0.2) is 26.2 Å². The molecule has 2 atom stereocenters. The summed E-state index contributed by atoms with van der Waals surface area (Å²) in [5, 5.41) is 3.47. The van der Waals surface area contributed by atoms with E-state index in [1.807, 2.05) is 0 Å². The third-order valence-corrected chi connectivity index (χ3v) is 4.04. The molecule has 1 aliphatic rings. The fraction of sp³-hybridized carbons (Fsp3) is 0.600. The minimum atomic E-state index is 0.634. The van der Waals surface area contributed by atoms with Crippen molar-refractivity contribution in [2.24, 2.45) is 0 Å². The average Bonchev–Trinajstić information content (AvgIpc) is 2.39. The SMILES string of the molecule is CNC1CCCCC1N(C)c1ccc(C)cc1. The van der Waals surface area contributed by atoms with Gasteiger partial charge in [0, 0.05) is 24.8 Å². The van der Waals surface area contributed by atoms with Crippen molar-refractivity contribution in [2.75, 3.05) is 19.0 Å². The second-order valence-corrected chi connectivity index (χ2v) is 5.19. The standard InChI is InChI=1S/C15H24N2/c1-12-8-10-13(11-9-12)17(3)15-7-5-4-6-14(15)16-2/h8-11,14-16H,4-7H2,1-3H3. The maximum atomic E-state index is 3.47. The Morgan fingerprint density at radius 2 is 1.76 bits per heavy atom. The summed E-state index contributed by atoms with van der Waals surface area (Å²) in [5.74, 6) is 0. The molecule has 2 nitrogen and oxygen atoms in total. The van der Waals surface area contributed by atoms with E-state index in [1.54, 1.807) is 0 Å². The molecule has 0 aliphatic heterocycles. The Morgan fingerprint density at radius 1 is 1.12 bits per heavy atom. The van der Waals surface area contributed by atoms with Crippen molar-refractivity contribution >= 4 is 5.69 Å². The highest BCUT2D eigenvalue weighted by atomic mass is 15.2. The zero-order valence-electron chi connectivity index (χ0n) is 11.2. The smallest absolute Gasteiger partial charge is 0.0439 e. The molecule has 0 aromatic heterocycles. The van der Waals surface area contributed by atoms with Crippen molar-refractivity contribution < 1.29 is 0 Å². The molecule has 0 radical (unpaired) electrons. The summed E-state index contributed by atoms with van der Waals surface area (Å²) in [7, 11) is 4.32. The van der Waals surface area contributed by atoms with E-state index >= 15 is 0 Å². The first-order valence-electron chi connectivity index (χ1n) is 6.69. The van der Waals surface area contributed by atoms with E-state index in [1.165, 1.54) is 36.9 Å². The van der Waals surface area contributed by atoms with E-state index in [0.29, 0.717) is 12.1 Å². The van der Waals surface area contributed by atoms with Crippen LogP contribution in [0.15, 0.2) is 24.3 Å². The Labute approximate surface area is 105 Å². The predicted octanol–water partition coefficient (Wildman–Crippen LogP) is 2.96.